The predicted molar refractivity (Wildman–Crippen MR) is 87.7 cm³/mol. The molecule has 0 spiro atoms. The molecule has 0 fully saturated rings. The number of hydrogen-bond donors (Lipinski definition) is 1. The molecular formula is C16H27N3O2. The van der Waals surface area contributed by atoms with Crippen LogP contribution in [0.5, 0.6) is 0 Å². The van der Waals surface area contributed by atoms with Crippen LogP contribution in [0.3, 0.4) is 0 Å². The van der Waals surface area contributed by atoms with Gasteiger partial charge in [-0.3, -0.25) is 15.0 Å². The fourth-order valence-corrected chi connectivity index (χ4v) is 2.47. The molecule has 0 amide bonds. The summed E-state index contributed by atoms with van der Waals surface area (Å²) in [7, 11) is 0. The highest BCUT2D eigenvalue weighted by molar-refractivity contribution is 5.66. The van der Waals surface area contributed by atoms with Crippen LogP contribution in [0.2, 0.25) is 0 Å². The number of rotatable bonds is 10. The first kappa shape index (κ1) is 17.4. The average Bonchev–Trinajstić information content (AvgIpc) is 2.46. The molecule has 5 nitrogen and oxygen atoms in total. The Morgan fingerprint density at radius 2 is 1.81 bits per heavy atom. The molecule has 0 unspecified atom stereocenters. The molecule has 1 rings (SSSR count). The molecule has 0 heterocycles. The van der Waals surface area contributed by atoms with E-state index in [9.17, 15) is 10.1 Å². The monoisotopic (exact) mass is 293 g/mol. The minimum Gasteiger partial charge on any atom is -0.379 e. The highest BCUT2D eigenvalue weighted by Crippen LogP contribution is 2.29. The third kappa shape index (κ3) is 5.34. The van der Waals surface area contributed by atoms with E-state index in [0.717, 1.165) is 51.0 Å². The Bertz CT molecular complexity index is 443. The Labute approximate surface area is 127 Å². The average molecular weight is 293 g/mol. The van der Waals surface area contributed by atoms with Crippen LogP contribution >= 0.6 is 0 Å². The van der Waals surface area contributed by atoms with Crippen molar-refractivity contribution in [2.45, 2.75) is 46.6 Å². The zero-order valence-corrected chi connectivity index (χ0v) is 13.4. The molecule has 1 aromatic carbocycles. The molecule has 0 aliphatic rings. The Morgan fingerprint density at radius 3 is 2.33 bits per heavy atom. The lowest BCUT2D eigenvalue weighted by Crippen LogP contribution is -2.25. The van der Waals surface area contributed by atoms with Gasteiger partial charge in [-0.1, -0.05) is 32.9 Å². The van der Waals surface area contributed by atoms with Gasteiger partial charge in [0.25, 0.3) is 5.69 Å². The third-order valence-electron chi connectivity index (χ3n) is 3.35. The van der Waals surface area contributed by atoms with Gasteiger partial charge in [-0.25, -0.2) is 0 Å². The second kappa shape index (κ2) is 9.34. The summed E-state index contributed by atoms with van der Waals surface area (Å²) < 4.78 is 0. The number of nitro benzene ring substituents is 1. The van der Waals surface area contributed by atoms with E-state index in [0.29, 0.717) is 5.69 Å². The Morgan fingerprint density at radius 1 is 1.14 bits per heavy atom. The summed E-state index contributed by atoms with van der Waals surface area (Å²) in [4.78, 5) is 13.3. The van der Waals surface area contributed by atoms with Crippen molar-refractivity contribution < 1.29 is 4.92 Å². The lowest BCUT2D eigenvalue weighted by Gasteiger charge is -2.22. The van der Waals surface area contributed by atoms with E-state index in [2.05, 4.69) is 31.0 Å². The molecule has 0 radical (unpaired) electrons. The zero-order chi connectivity index (χ0) is 15.7. The van der Waals surface area contributed by atoms with Crippen molar-refractivity contribution in [1.82, 2.24) is 4.90 Å². The van der Waals surface area contributed by atoms with Crippen molar-refractivity contribution in [3.05, 3.63) is 33.9 Å². The van der Waals surface area contributed by atoms with Gasteiger partial charge < -0.3 is 5.32 Å². The highest BCUT2D eigenvalue weighted by atomic mass is 16.6. The molecule has 0 atom stereocenters. The van der Waals surface area contributed by atoms with Crippen molar-refractivity contribution in [1.29, 1.82) is 0 Å². The van der Waals surface area contributed by atoms with Gasteiger partial charge in [0.1, 0.15) is 5.69 Å². The third-order valence-corrected chi connectivity index (χ3v) is 3.35. The van der Waals surface area contributed by atoms with E-state index in [1.165, 1.54) is 0 Å². The van der Waals surface area contributed by atoms with E-state index in [-0.39, 0.29) is 10.6 Å². The topological polar surface area (TPSA) is 58.4 Å². The molecule has 0 saturated heterocycles. The summed E-state index contributed by atoms with van der Waals surface area (Å²) in [6.45, 7) is 9.92. The van der Waals surface area contributed by atoms with E-state index in [1.807, 2.05) is 6.07 Å². The van der Waals surface area contributed by atoms with Gasteiger partial charge in [0.2, 0.25) is 0 Å². The minimum atomic E-state index is -0.300. The van der Waals surface area contributed by atoms with Gasteiger partial charge in [0.15, 0.2) is 0 Å². The van der Waals surface area contributed by atoms with Gasteiger partial charge in [-0.15, -0.1) is 0 Å². The molecule has 0 saturated carbocycles. The normalized spacial score (nSPS) is 10.9. The first-order valence-corrected chi connectivity index (χ1v) is 7.86. The van der Waals surface area contributed by atoms with E-state index < -0.39 is 0 Å². The second-order valence-electron chi connectivity index (χ2n) is 5.27. The van der Waals surface area contributed by atoms with Crippen LogP contribution in [0.25, 0.3) is 0 Å². The van der Waals surface area contributed by atoms with Crippen LogP contribution in [-0.2, 0) is 6.54 Å². The smallest absolute Gasteiger partial charge is 0.292 e. The molecule has 0 aliphatic carbocycles. The maximum Gasteiger partial charge on any atom is 0.292 e. The summed E-state index contributed by atoms with van der Waals surface area (Å²) in [5.74, 6) is 0. The number of nitrogens with zero attached hydrogens (tertiary/aromatic N) is 2. The predicted octanol–water partition coefficient (Wildman–Crippen LogP) is 4.04. The van der Waals surface area contributed by atoms with Crippen LogP contribution in [0.15, 0.2) is 18.2 Å². The van der Waals surface area contributed by atoms with E-state index in [1.54, 1.807) is 12.1 Å². The SMILES string of the molecule is CCCNc1c(CN(CCC)CCC)cccc1[N+](=O)[O-]. The second-order valence-corrected chi connectivity index (χ2v) is 5.27. The summed E-state index contributed by atoms with van der Waals surface area (Å²) in [6.07, 6.45) is 3.12. The Kier molecular flexibility index (Phi) is 7.75. The first-order valence-electron chi connectivity index (χ1n) is 7.86. The van der Waals surface area contributed by atoms with E-state index >= 15 is 0 Å². The van der Waals surface area contributed by atoms with Gasteiger partial charge in [0, 0.05) is 19.2 Å². The number of benzene rings is 1. The van der Waals surface area contributed by atoms with E-state index in [4.69, 9.17) is 0 Å². The largest absolute Gasteiger partial charge is 0.379 e. The fourth-order valence-electron chi connectivity index (χ4n) is 2.47. The van der Waals surface area contributed by atoms with Gasteiger partial charge in [0.05, 0.1) is 4.92 Å². The maximum absolute atomic E-state index is 11.2. The van der Waals surface area contributed by atoms with Crippen LogP contribution in [0.1, 0.15) is 45.6 Å². The van der Waals surface area contributed by atoms with Crippen LogP contribution in [0.4, 0.5) is 11.4 Å². The molecule has 118 valence electrons. The van der Waals surface area contributed by atoms with Crippen LogP contribution in [-0.4, -0.2) is 29.5 Å². The number of nitro groups is 1. The molecular weight excluding hydrogens is 266 g/mol. The number of para-hydroxylation sites is 1. The molecule has 0 aliphatic heterocycles. The molecule has 1 N–H and O–H groups in total. The quantitative estimate of drug-likeness (QED) is 0.522. The Balaban J connectivity index is 3.02. The zero-order valence-electron chi connectivity index (χ0n) is 13.4. The number of hydrogen-bond acceptors (Lipinski definition) is 4. The van der Waals surface area contributed by atoms with Gasteiger partial charge >= 0.3 is 0 Å². The maximum atomic E-state index is 11.2. The van der Waals surface area contributed by atoms with Crippen molar-refractivity contribution in [2.24, 2.45) is 0 Å². The van der Waals surface area contributed by atoms with Crippen LogP contribution < -0.4 is 5.32 Å². The molecule has 1 aromatic rings. The van der Waals surface area contributed by atoms with Crippen molar-refractivity contribution in [3.63, 3.8) is 0 Å². The van der Waals surface area contributed by atoms with Gasteiger partial charge in [-0.2, -0.15) is 0 Å². The summed E-state index contributed by atoms with van der Waals surface area (Å²) in [6, 6.07) is 5.34. The molecule has 0 aromatic heterocycles. The fraction of sp³-hybridized carbons (Fsp3) is 0.625. The number of anilines is 1. The highest BCUT2D eigenvalue weighted by Gasteiger charge is 2.18. The molecule has 0 bridgehead atoms. The summed E-state index contributed by atoms with van der Waals surface area (Å²) in [5, 5.41) is 14.5. The first-order chi connectivity index (χ1) is 10.1. The summed E-state index contributed by atoms with van der Waals surface area (Å²) >= 11 is 0. The van der Waals surface area contributed by atoms with Crippen LogP contribution in [0, 0.1) is 10.1 Å². The lowest BCUT2D eigenvalue weighted by atomic mass is 10.1. The minimum absolute atomic E-state index is 0.175. The standard InChI is InChI=1S/C16H27N3O2/c1-4-10-17-16-14(8-7-9-15(16)19(20)21)13-18(11-5-2)12-6-3/h7-9,17H,4-6,10-13H2,1-3H3. The summed E-state index contributed by atoms with van der Waals surface area (Å²) in [5.41, 5.74) is 1.87. The Hall–Kier alpha value is -1.62. The van der Waals surface area contributed by atoms with Crippen molar-refractivity contribution in [3.8, 4) is 0 Å². The number of nitrogens with one attached hydrogen (secondary N) is 1. The van der Waals surface area contributed by atoms with Gasteiger partial charge in [-0.05, 0) is 37.9 Å². The van der Waals surface area contributed by atoms with Crippen molar-refractivity contribution >= 4 is 11.4 Å². The molecule has 21 heavy (non-hydrogen) atoms. The molecule has 5 heteroatoms. The lowest BCUT2D eigenvalue weighted by molar-refractivity contribution is -0.384. The van der Waals surface area contributed by atoms with Crippen molar-refractivity contribution in [2.75, 3.05) is 25.0 Å².